The highest BCUT2D eigenvalue weighted by molar-refractivity contribution is 8.13. The predicted octanol–water partition coefficient (Wildman–Crippen LogP) is 1.43. The molecule has 2 atom stereocenters. The molecule has 2 rings (SSSR count). The summed E-state index contributed by atoms with van der Waals surface area (Å²) < 4.78 is 21.4. The Morgan fingerprint density at radius 1 is 1.36 bits per heavy atom. The Kier molecular flexibility index (Phi) is 3.05. The van der Waals surface area contributed by atoms with E-state index in [1.165, 1.54) is 25.8 Å². The molecule has 1 aliphatic carbocycles. The highest BCUT2D eigenvalue weighted by Crippen LogP contribution is 2.37. The Bertz CT molecular complexity index is 304. The minimum atomic E-state index is -3.28. The summed E-state index contributed by atoms with van der Waals surface area (Å²) >= 11 is 0. The van der Waals surface area contributed by atoms with E-state index in [4.69, 9.17) is 10.7 Å². The van der Waals surface area contributed by atoms with Crippen LogP contribution in [0.1, 0.15) is 25.7 Å². The third kappa shape index (κ3) is 2.61. The summed E-state index contributed by atoms with van der Waals surface area (Å²) in [5.74, 6) is 0.996. The summed E-state index contributed by atoms with van der Waals surface area (Å²) in [4.78, 5) is 2.43. The lowest BCUT2D eigenvalue weighted by Crippen LogP contribution is -2.33. The molecule has 2 fully saturated rings. The molecule has 0 aromatic carbocycles. The van der Waals surface area contributed by atoms with Crippen molar-refractivity contribution in [2.45, 2.75) is 31.7 Å². The lowest BCUT2D eigenvalue weighted by Gasteiger charge is -2.26. The van der Waals surface area contributed by atoms with Crippen LogP contribution in [0.4, 0.5) is 0 Å². The number of hydrogen-bond donors (Lipinski definition) is 0. The Hall–Kier alpha value is 0.200. The van der Waals surface area contributed by atoms with E-state index in [9.17, 15) is 8.42 Å². The molecule has 14 heavy (non-hydrogen) atoms. The number of likely N-dealkylation sites (tertiary alicyclic amines) is 1. The van der Waals surface area contributed by atoms with Crippen LogP contribution in [0.15, 0.2) is 0 Å². The van der Waals surface area contributed by atoms with Crippen molar-refractivity contribution in [3.8, 4) is 0 Å². The predicted molar refractivity (Wildman–Crippen MR) is 57.0 cm³/mol. The molecule has 2 aliphatic rings. The molecule has 1 heterocycles. The fourth-order valence-corrected chi connectivity index (χ4v) is 3.54. The molecule has 1 saturated carbocycles. The molecule has 1 aliphatic heterocycles. The van der Waals surface area contributed by atoms with E-state index < -0.39 is 9.05 Å². The van der Waals surface area contributed by atoms with Gasteiger partial charge in [-0.1, -0.05) is 0 Å². The average Bonchev–Trinajstić information content (AvgIpc) is 2.62. The average molecular weight is 238 g/mol. The zero-order valence-electron chi connectivity index (χ0n) is 8.15. The third-order valence-corrected chi connectivity index (χ3v) is 4.60. The lowest BCUT2D eigenvalue weighted by atomic mass is 10.1. The molecule has 0 radical (unpaired) electrons. The first-order chi connectivity index (χ1) is 6.54. The van der Waals surface area contributed by atoms with Crippen LogP contribution in [0, 0.1) is 5.92 Å². The van der Waals surface area contributed by atoms with Crippen LogP contribution in [0.25, 0.3) is 0 Å². The SMILES string of the molecule is O=S(=O)(Cl)CCCN1CC2CCC1C2. The zero-order chi connectivity index (χ0) is 10.2. The van der Waals surface area contributed by atoms with Gasteiger partial charge < -0.3 is 4.90 Å². The van der Waals surface area contributed by atoms with Crippen molar-refractivity contribution in [3.05, 3.63) is 0 Å². The van der Waals surface area contributed by atoms with E-state index in [-0.39, 0.29) is 5.75 Å². The van der Waals surface area contributed by atoms with Crippen molar-refractivity contribution in [1.82, 2.24) is 4.90 Å². The summed E-state index contributed by atoms with van der Waals surface area (Å²) in [5.41, 5.74) is 0. The van der Waals surface area contributed by atoms with Gasteiger partial charge in [-0.05, 0) is 38.1 Å². The minimum absolute atomic E-state index is 0.114. The standard InChI is InChI=1S/C9H16ClNO2S/c10-14(12,13)5-1-4-11-7-8-2-3-9(11)6-8/h8-9H,1-7H2. The summed E-state index contributed by atoms with van der Waals surface area (Å²) in [5, 5.41) is 0. The van der Waals surface area contributed by atoms with E-state index in [0.29, 0.717) is 6.42 Å². The first-order valence-corrected chi connectivity index (χ1v) is 7.69. The quantitative estimate of drug-likeness (QED) is 0.695. The van der Waals surface area contributed by atoms with Crippen LogP contribution in [0.3, 0.4) is 0 Å². The molecule has 0 aromatic heterocycles. The zero-order valence-corrected chi connectivity index (χ0v) is 9.73. The van der Waals surface area contributed by atoms with Crippen molar-refractivity contribution >= 4 is 19.7 Å². The summed E-state index contributed by atoms with van der Waals surface area (Å²) in [6.07, 6.45) is 4.68. The molecule has 2 unspecified atom stereocenters. The van der Waals surface area contributed by atoms with Crippen LogP contribution >= 0.6 is 10.7 Å². The number of nitrogens with zero attached hydrogens (tertiary/aromatic N) is 1. The fourth-order valence-electron chi connectivity index (χ4n) is 2.74. The molecule has 0 aromatic rings. The Labute approximate surface area is 89.8 Å². The van der Waals surface area contributed by atoms with Gasteiger partial charge in [-0.25, -0.2) is 8.42 Å². The Balaban J connectivity index is 1.72. The van der Waals surface area contributed by atoms with Gasteiger partial charge in [0.15, 0.2) is 0 Å². The molecule has 1 saturated heterocycles. The number of hydrogen-bond acceptors (Lipinski definition) is 3. The lowest BCUT2D eigenvalue weighted by molar-refractivity contribution is 0.214. The van der Waals surface area contributed by atoms with Gasteiger partial charge in [0.1, 0.15) is 0 Å². The Morgan fingerprint density at radius 3 is 2.64 bits per heavy atom. The normalized spacial score (nSPS) is 32.6. The number of piperidine rings is 1. The first kappa shape index (κ1) is 10.7. The van der Waals surface area contributed by atoms with Crippen molar-refractivity contribution in [1.29, 1.82) is 0 Å². The topological polar surface area (TPSA) is 37.4 Å². The van der Waals surface area contributed by atoms with Crippen LogP contribution in [-0.4, -0.2) is 38.2 Å². The van der Waals surface area contributed by atoms with E-state index in [1.54, 1.807) is 0 Å². The molecular formula is C9H16ClNO2S. The molecule has 2 bridgehead atoms. The van der Waals surface area contributed by atoms with Crippen LogP contribution < -0.4 is 0 Å². The molecule has 3 nitrogen and oxygen atoms in total. The molecular weight excluding hydrogens is 222 g/mol. The van der Waals surface area contributed by atoms with Gasteiger partial charge in [0.2, 0.25) is 9.05 Å². The van der Waals surface area contributed by atoms with Crippen molar-refractivity contribution in [3.63, 3.8) is 0 Å². The van der Waals surface area contributed by atoms with Crippen LogP contribution in [0.5, 0.6) is 0 Å². The highest BCUT2D eigenvalue weighted by atomic mass is 35.7. The van der Waals surface area contributed by atoms with Gasteiger partial charge in [0.05, 0.1) is 5.75 Å². The number of halogens is 1. The van der Waals surface area contributed by atoms with Crippen molar-refractivity contribution in [2.75, 3.05) is 18.8 Å². The Morgan fingerprint density at radius 2 is 2.14 bits per heavy atom. The van der Waals surface area contributed by atoms with E-state index in [1.807, 2.05) is 0 Å². The molecule has 5 heteroatoms. The van der Waals surface area contributed by atoms with Gasteiger partial charge >= 0.3 is 0 Å². The van der Waals surface area contributed by atoms with Crippen LogP contribution in [0.2, 0.25) is 0 Å². The highest BCUT2D eigenvalue weighted by Gasteiger charge is 2.37. The van der Waals surface area contributed by atoms with E-state index in [2.05, 4.69) is 4.90 Å². The molecule has 0 N–H and O–H groups in total. The molecule has 0 amide bonds. The smallest absolute Gasteiger partial charge is 0.232 e. The van der Waals surface area contributed by atoms with Gasteiger partial charge in [-0.3, -0.25) is 0 Å². The van der Waals surface area contributed by atoms with Gasteiger partial charge in [-0.2, -0.15) is 0 Å². The second-order valence-electron chi connectivity index (χ2n) is 4.42. The summed E-state index contributed by atoms with van der Waals surface area (Å²) in [6.45, 7) is 2.07. The maximum atomic E-state index is 10.7. The minimum Gasteiger partial charge on any atom is -0.300 e. The maximum Gasteiger partial charge on any atom is 0.232 e. The molecule has 82 valence electrons. The number of rotatable bonds is 4. The van der Waals surface area contributed by atoms with Gasteiger partial charge in [0, 0.05) is 23.3 Å². The summed E-state index contributed by atoms with van der Waals surface area (Å²) in [7, 11) is 1.87. The van der Waals surface area contributed by atoms with Crippen molar-refractivity contribution < 1.29 is 8.42 Å². The van der Waals surface area contributed by atoms with Gasteiger partial charge in [0.25, 0.3) is 0 Å². The molecule has 0 spiro atoms. The van der Waals surface area contributed by atoms with Crippen molar-refractivity contribution in [2.24, 2.45) is 5.92 Å². The maximum absolute atomic E-state index is 10.7. The monoisotopic (exact) mass is 237 g/mol. The van der Waals surface area contributed by atoms with E-state index in [0.717, 1.165) is 18.5 Å². The first-order valence-electron chi connectivity index (χ1n) is 5.21. The number of fused-ring (bicyclic) bond motifs is 2. The summed E-state index contributed by atoms with van der Waals surface area (Å²) in [6, 6.07) is 0.734. The second-order valence-corrected chi connectivity index (χ2v) is 7.32. The van der Waals surface area contributed by atoms with E-state index >= 15 is 0 Å². The van der Waals surface area contributed by atoms with Gasteiger partial charge in [-0.15, -0.1) is 0 Å². The largest absolute Gasteiger partial charge is 0.300 e. The van der Waals surface area contributed by atoms with Crippen LogP contribution in [-0.2, 0) is 9.05 Å². The second kappa shape index (κ2) is 3.99. The third-order valence-electron chi connectivity index (χ3n) is 3.36. The fraction of sp³-hybridized carbons (Fsp3) is 1.00.